The van der Waals surface area contributed by atoms with E-state index in [1.54, 1.807) is 0 Å². The third-order valence-corrected chi connectivity index (χ3v) is 7.94. The highest BCUT2D eigenvalue weighted by atomic mass is 19.3. The van der Waals surface area contributed by atoms with Crippen LogP contribution in [0.4, 0.5) is 8.78 Å². The van der Waals surface area contributed by atoms with Gasteiger partial charge in [0.25, 0.3) is 5.92 Å². The van der Waals surface area contributed by atoms with E-state index < -0.39 is 23.0 Å². The van der Waals surface area contributed by atoms with Crippen molar-refractivity contribution in [2.24, 2.45) is 5.92 Å². The number of nitrogens with zero attached hydrogens (tertiary/aromatic N) is 1. The fraction of sp³-hybridized carbons (Fsp3) is 0.714. The molecule has 0 amide bonds. The molecule has 5 aliphatic rings. The minimum Gasteiger partial charge on any atom is -0.493 e. The van der Waals surface area contributed by atoms with Gasteiger partial charge in [0, 0.05) is 24.6 Å². The number of hydrogen-bond donors (Lipinski definition) is 1. The predicted molar refractivity (Wildman–Crippen MR) is 94.6 cm³/mol. The second kappa shape index (κ2) is 4.95. The molecule has 2 aliphatic heterocycles. The third-order valence-electron chi connectivity index (χ3n) is 7.94. The van der Waals surface area contributed by atoms with Crippen LogP contribution in [0.1, 0.15) is 43.2 Å². The number of halogens is 2. The van der Waals surface area contributed by atoms with E-state index in [0.29, 0.717) is 30.3 Å². The number of methoxy groups -OCH3 is 1. The average Bonchev–Trinajstić information content (AvgIpc) is 3.37. The minimum absolute atomic E-state index is 0.110. The molecule has 6 heteroatoms. The summed E-state index contributed by atoms with van der Waals surface area (Å²) in [5.74, 6) is -1.31. The normalized spacial score (nSPS) is 41.0. The zero-order chi connectivity index (χ0) is 18.6. The number of likely N-dealkylation sites (tertiary alicyclic amines) is 1. The molecule has 2 heterocycles. The summed E-state index contributed by atoms with van der Waals surface area (Å²) in [4.78, 5) is 2.38. The van der Waals surface area contributed by atoms with Gasteiger partial charge in [-0.1, -0.05) is 6.07 Å². The fourth-order valence-corrected chi connectivity index (χ4v) is 6.56. The molecule has 1 aromatic carbocycles. The van der Waals surface area contributed by atoms with Crippen LogP contribution in [0.2, 0.25) is 0 Å². The van der Waals surface area contributed by atoms with Gasteiger partial charge in [0.2, 0.25) is 0 Å². The summed E-state index contributed by atoms with van der Waals surface area (Å²) in [6, 6.07) is 3.71. The Labute approximate surface area is 157 Å². The molecule has 3 fully saturated rings. The average molecular weight is 377 g/mol. The van der Waals surface area contributed by atoms with Gasteiger partial charge in [0.15, 0.2) is 17.6 Å². The number of alkyl halides is 2. The standard InChI is InChI=1S/C21H25F2NO3/c1-26-14-5-4-13-10-15-20(25)6-7-21(22,23)18-19(20,16(13)17(14)27-18)8-9-24(15)11-12-2-3-12/h4-5,12,15,18,25H,2-3,6-11H2,1H3/t15-,18-,19+,20+/m1/s1. The van der Waals surface area contributed by atoms with Crippen LogP contribution in [0.3, 0.4) is 0 Å². The molecule has 1 aromatic rings. The molecule has 2 saturated carbocycles. The number of rotatable bonds is 3. The lowest BCUT2D eigenvalue weighted by atomic mass is 9.48. The molecule has 0 radical (unpaired) electrons. The maximum Gasteiger partial charge on any atom is 0.285 e. The first-order chi connectivity index (χ1) is 12.9. The lowest BCUT2D eigenvalue weighted by Gasteiger charge is -2.64. The lowest BCUT2D eigenvalue weighted by Crippen LogP contribution is -2.78. The fourth-order valence-electron chi connectivity index (χ4n) is 6.56. The van der Waals surface area contributed by atoms with Crippen molar-refractivity contribution >= 4 is 0 Å². The van der Waals surface area contributed by atoms with Crippen LogP contribution in [-0.2, 0) is 11.8 Å². The van der Waals surface area contributed by atoms with Gasteiger partial charge in [-0.05, 0) is 56.2 Å². The maximum atomic E-state index is 15.1. The predicted octanol–water partition coefficient (Wildman–Crippen LogP) is 2.89. The Balaban J connectivity index is 1.57. The van der Waals surface area contributed by atoms with Crippen LogP contribution in [0, 0.1) is 5.92 Å². The van der Waals surface area contributed by atoms with E-state index in [1.165, 1.54) is 20.0 Å². The van der Waals surface area contributed by atoms with Crippen LogP contribution in [0.15, 0.2) is 12.1 Å². The molecule has 1 saturated heterocycles. The molecule has 3 aliphatic carbocycles. The van der Waals surface area contributed by atoms with Crippen molar-refractivity contribution in [2.75, 3.05) is 20.2 Å². The Morgan fingerprint density at radius 3 is 2.81 bits per heavy atom. The summed E-state index contributed by atoms with van der Waals surface area (Å²) in [5.41, 5.74) is -0.356. The summed E-state index contributed by atoms with van der Waals surface area (Å²) >= 11 is 0. The molecule has 146 valence electrons. The van der Waals surface area contributed by atoms with Crippen molar-refractivity contribution in [3.8, 4) is 11.5 Å². The monoisotopic (exact) mass is 377 g/mol. The third kappa shape index (κ3) is 1.84. The van der Waals surface area contributed by atoms with Crippen molar-refractivity contribution in [3.63, 3.8) is 0 Å². The van der Waals surface area contributed by atoms with Gasteiger partial charge in [0.1, 0.15) is 0 Å². The lowest BCUT2D eigenvalue weighted by molar-refractivity contribution is -0.248. The Morgan fingerprint density at radius 1 is 1.26 bits per heavy atom. The van der Waals surface area contributed by atoms with Crippen LogP contribution in [0.25, 0.3) is 0 Å². The number of piperidine rings is 1. The van der Waals surface area contributed by atoms with Gasteiger partial charge in [-0.2, -0.15) is 0 Å². The van der Waals surface area contributed by atoms with E-state index in [-0.39, 0.29) is 18.9 Å². The summed E-state index contributed by atoms with van der Waals surface area (Å²) in [7, 11) is 1.54. The Bertz CT molecular complexity index is 826. The van der Waals surface area contributed by atoms with E-state index >= 15 is 8.78 Å². The van der Waals surface area contributed by atoms with Crippen LogP contribution in [0.5, 0.6) is 11.5 Å². The van der Waals surface area contributed by atoms with Crippen molar-refractivity contribution < 1.29 is 23.4 Å². The minimum atomic E-state index is -2.95. The SMILES string of the molecule is COc1ccc2c3c1O[C@H]1C(F)(F)CC[C@]4(O)[C@@H](C2)N(CC2CC2)CC[C@]314. The van der Waals surface area contributed by atoms with Crippen LogP contribution < -0.4 is 9.47 Å². The van der Waals surface area contributed by atoms with Crippen molar-refractivity contribution in [2.45, 2.75) is 67.6 Å². The summed E-state index contributed by atoms with van der Waals surface area (Å²) in [6.45, 7) is 1.72. The first kappa shape index (κ1) is 16.5. The second-order valence-corrected chi connectivity index (χ2v) is 9.19. The van der Waals surface area contributed by atoms with Gasteiger partial charge in [-0.25, -0.2) is 8.78 Å². The van der Waals surface area contributed by atoms with Gasteiger partial charge in [-0.3, -0.25) is 4.90 Å². The smallest absolute Gasteiger partial charge is 0.285 e. The van der Waals surface area contributed by atoms with Gasteiger partial charge < -0.3 is 14.6 Å². The van der Waals surface area contributed by atoms with Gasteiger partial charge >= 0.3 is 0 Å². The zero-order valence-corrected chi connectivity index (χ0v) is 15.5. The van der Waals surface area contributed by atoms with E-state index in [0.717, 1.165) is 24.2 Å². The number of aliphatic hydroxyl groups is 1. The van der Waals surface area contributed by atoms with E-state index in [9.17, 15) is 5.11 Å². The number of ether oxygens (including phenoxy) is 2. The zero-order valence-electron chi connectivity index (χ0n) is 15.5. The number of benzene rings is 1. The molecule has 4 nitrogen and oxygen atoms in total. The highest BCUT2D eigenvalue weighted by Crippen LogP contribution is 2.68. The number of hydrogen-bond acceptors (Lipinski definition) is 4. The molecular weight excluding hydrogens is 352 g/mol. The summed E-state index contributed by atoms with van der Waals surface area (Å²) in [5, 5.41) is 12.0. The first-order valence-corrected chi connectivity index (χ1v) is 10.1. The second-order valence-electron chi connectivity index (χ2n) is 9.19. The molecule has 0 unspecified atom stereocenters. The molecule has 6 rings (SSSR count). The van der Waals surface area contributed by atoms with Crippen molar-refractivity contribution in [3.05, 3.63) is 23.3 Å². The molecule has 27 heavy (non-hydrogen) atoms. The molecular formula is C21H25F2NO3. The summed E-state index contributed by atoms with van der Waals surface area (Å²) < 4.78 is 41.5. The molecule has 1 spiro atoms. The largest absolute Gasteiger partial charge is 0.493 e. The molecule has 1 N–H and O–H groups in total. The highest BCUT2D eigenvalue weighted by molar-refractivity contribution is 5.63. The van der Waals surface area contributed by atoms with Crippen LogP contribution in [-0.4, -0.2) is 53.9 Å². The van der Waals surface area contributed by atoms with E-state index in [1.807, 2.05) is 12.1 Å². The highest BCUT2D eigenvalue weighted by Gasteiger charge is 2.77. The van der Waals surface area contributed by atoms with Crippen molar-refractivity contribution in [1.29, 1.82) is 0 Å². The quantitative estimate of drug-likeness (QED) is 0.880. The Morgan fingerprint density at radius 2 is 2.07 bits per heavy atom. The molecule has 0 aromatic heterocycles. The van der Waals surface area contributed by atoms with Gasteiger partial charge in [0.05, 0.1) is 18.1 Å². The molecule has 4 atom stereocenters. The Kier molecular flexibility index (Phi) is 3.03. The van der Waals surface area contributed by atoms with Crippen molar-refractivity contribution in [1.82, 2.24) is 4.90 Å². The summed E-state index contributed by atoms with van der Waals surface area (Å²) in [6.07, 6.45) is 2.19. The Hall–Kier alpha value is -1.40. The van der Waals surface area contributed by atoms with E-state index in [2.05, 4.69) is 4.90 Å². The molecule has 2 bridgehead atoms. The maximum absolute atomic E-state index is 15.1. The van der Waals surface area contributed by atoms with Gasteiger partial charge in [-0.15, -0.1) is 0 Å². The van der Waals surface area contributed by atoms with Crippen LogP contribution >= 0.6 is 0 Å². The topological polar surface area (TPSA) is 41.9 Å². The van der Waals surface area contributed by atoms with E-state index in [4.69, 9.17) is 9.47 Å². The first-order valence-electron chi connectivity index (χ1n) is 10.1.